The molecule has 3 rings (SSSR count). The molecule has 8 heteroatoms. The molecule has 0 bridgehead atoms. The van der Waals surface area contributed by atoms with Crippen LogP contribution < -0.4 is 5.32 Å². The van der Waals surface area contributed by atoms with Gasteiger partial charge in [-0.3, -0.25) is 9.78 Å². The van der Waals surface area contributed by atoms with Gasteiger partial charge < -0.3 is 5.32 Å². The number of halogens is 1. The normalized spacial score (nSPS) is 16.4. The Morgan fingerprint density at radius 1 is 1.23 bits per heavy atom. The molecule has 0 aliphatic carbocycles. The summed E-state index contributed by atoms with van der Waals surface area (Å²) in [6, 6.07) is 9.33. The first-order valence-electron chi connectivity index (χ1n) is 8.41. The van der Waals surface area contributed by atoms with Crippen LogP contribution in [0, 0.1) is 0 Å². The van der Waals surface area contributed by atoms with Crippen LogP contribution in [0.1, 0.15) is 41.9 Å². The van der Waals surface area contributed by atoms with Crippen molar-refractivity contribution in [2.24, 2.45) is 0 Å². The fraction of sp³-hybridized carbons (Fsp3) is 0.333. The maximum absolute atomic E-state index is 12.7. The Balaban J connectivity index is 1.84. The van der Waals surface area contributed by atoms with E-state index in [1.807, 2.05) is 6.07 Å². The zero-order valence-electron chi connectivity index (χ0n) is 14.4. The molecule has 1 aliphatic heterocycles. The molecule has 1 atom stereocenters. The number of pyridine rings is 1. The van der Waals surface area contributed by atoms with Crippen molar-refractivity contribution >= 4 is 27.5 Å². The number of rotatable bonds is 5. The lowest BCUT2D eigenvalue weighted by atomic mass is 10.1. The smallest absolute Gasteiger partial charge is 0.253 e. The fourth-order valence-corrected chi connectivity index (χ4v) is 4.64. The standard InChI is InChI=1S/C18H20ClN3O3S/c1-13(17-6-2-3-9-20-17)21-18(23)15-12-14(7-8-16(15)19)26(24,25)22-10-4-5-11-22/h2-3,6-9,12-13H,4-5,10-11H2,1H3,(H,21,23)/t13-/m0/s1. The van der Waals surface area contributed by atoms with Crippen LogP contribution in [-0.2, 0) is 10.0 Å². The summed E-state index contributed by atoms with van der Waals surface area (Å²) in [5, 5.41) is 3.01. The number of carbonyl (C=O) groups excluding carboxylic acids is 1. The van der Waals surface area contributed by atoms with Gasteiger partial charge in [0.25, 0.3) is 5.91 Å². The van der Waals surface area contributed by atoms with Crippen molar-refractivity contribution in [3.8, 4) is 0 Å². The lowest BCUT2D eigenvalue weighted by Crippen LogP contribution is -2.29. The lowest BCUT2D eigenvalue weighted by molar-refractivity contribution is 0.0939. The lowest BCUT2D eigenvalue weighted by Gasteiger charge is -2.17. The van der Waals surface area contributed by atoms with E-state index in [2.05, 4.69) is 10.3 Å². The fourth-order valence-electron chi connectivity index (χ4n) is 2.90. The van der Waals surface area contributed by atoms with Crippen LogP contribution in [0.2, 0.25) is 5.02 Å². The maximum atomic E-state index is 12.7. The van der Waals surface area contributed by atoms with E-state index in [9.17, 15) is 13.2 Å². The van der Waals surface area contributed by atoms with Gasteiger partial charge in [-0.05, 0) is 50.1 Å². The number of nitrogens with zero attached hydrogens (tertiary/aromatic N) is 2. The van der Waals surface area contributed by atoms with Crippen LogP contribution in [0.5, 0.6) is 0 Å². The van der Waals surface area contributed by atoms with E-state index in [1.165, 1.54) is 22.5 Å². The highest BCUT2D eigenvalue weighted by Crippen LogP contribution is 2.25. The first kappa shape index (κ1) is 18.8. The van der Waals surface area contributed by atoms with E-state index in [0.717, 1.165) is 12.8 Å². The van der Waals surface area contributed by atoms with Crippen molar-refractivity contribution in [1.82, 2.24) is 14.6 Å². The molecule has 1 amide bonds. The molecule has 0 spiro atoms. The SMILES string of the molecule is C[C@H](NC(=O)c1cc(S(=O)(=O)N2CCCC2)ccc1Cl)c1ccccn1. The summed E-state index contributed by atoms with van der Waals surface area (Å²) in [4.78, 5) is 16.9. The number of carbonyl (C=O) groups is 1. The van der Waals surface area contributed by atoms with Crippen LogP contribution in [0.25, 0.3) is 0 Å². The number of sulfonamides is 1. The Labute approximate surface area is 158 Å². The van der Waals surface area contributed by atoms with Crippen molar-refractivity contribution < 1.29 is 13.2 Å². The average molecular weight is 394 g/mol. The number of hydrogen-bond acceptors (Lipinski definition) is 4. The first-order valence-corrected chi connectivity index (χ1v) is 10.2. The minimum absolute atomic E-state index is 0.0828. The third kappa shape index (κ3) is 3.90. The van der Waals surface area contributed by atoms with Gasteiger partial charge in [-0.2, -0.15) is 4.31 Å². The largest absolute Gasteiger partial charge is 0.344 e. The highest BCUT2D eigenvalue weighted by atomic mass is 35.5. The van der Waals surface area contributed by atoms with E-state index in [-0.39, 0.29) is 21.5 Å². The zero-order chi connectivity index (χ0) is 18.7. The van der Waals surface area contributed by atoms with Gasteiger partial charge in [0.05, 0.1) is 27.2 Å². The Bertz CT molecular complexity index is 897. The average Bonchev–Trinajstić information content (AvgIpc) is 3.18. The van der Waals surface area contributed by atoms with Crippen LogP contribution in [0.15, 0.2) is 47.5 Å². The van der Waals surface area contributed by atoms with Gasteiger partial charge in [-0.25, -0.2) is 8.42 Å². The van der Waals surface area contributed by atoms with Gasteiger partial charge in [-0.1, -0.05) is 17.7 Å². The molecule has 0 radical (unpaired) electrons. The summed E-state index contributed by atoms with van der Waals surface area (Å²) < 4.78 is 26.8. The summed E-state index contributed by atoms with van der Waals surface area (Å²) in [5.74, 6) is -0.438. The summed E-state index contributed by atoms with van der Waals surface area (Å²) in [6.07, 6.45) is 3.34. The number of benzene rings is 1. The topological polar surface area (TPSA) is 79.4 Å². The summed E-state index contributed by atoms with van der Waals surface area (Å²) in [7, 11) is -3.61. The molecule has 6 nitrogen and oxygen atoms in total. The zero-order valence-corrected chi connectivity index (χ0v) is 15.9. The highest BCUT2D eigenvalue weighted by molar-refractivity contribution is 7.89. The second kappa shape index (κ2) is 7.73. The van der Waals surface area contributed by atoms with E-state index >= 15 is 0 Å². The molecule has 1 aromatic carbocycles. The predicted octanol–water partition coefficient (Wildman–Crippen LogP) is 3.01. The summed E-state index contributed by atoms with van der Waals surface area (Å²) >= 11 is 6.15. The van der Waals surface area contributed by atoms with E-state index in [0.29, 0.717) is 18.8 Å². The molecule has 2 aromatic rings. The Hall–Kier alpha value is -1.96. The molecule has 0 saturated carbocycles. The minimum atomic E-state index is -3.61. The molecule has 1 saturated heterocycles. The van der Waals surface area contributed by atoms with Crippen LogP contribution in [-0.4, -0.2) is 36.7 Å². The van der Waals surface area contributed by atoms with Gasteiger partial charge in [0, 0.05) is 19.3 Å². The monoisotopic (exact) mass is 393 g/mol. The molecule has 1 aromatic heterocycles. The van der Waals surface area contributed by atoms with E-state index in [4.69, 9.17) is 11.6 Å². The third-order valence-electron chi connectivity index (χ3n) is 4.36. The van der Waals surface area contributed by atoms with Crippen LogP contribution in [0.3, 0.4) is 0 Å². The Kier molecular flexibility index (Phi) is 5.60. The van der Waals surface area contributed by atoms with Crippen LogP contribution in [0.4, 0.5) is 0 Å². The summed E-state index contributed by atoms with van der Waals surface area (Å²) in [6.45, 7) is 2.81. The van der Waals surface area contributed by atoms with E-state index in [1.54, 1.807) is 25.3 Å². The highest BCUT2D eigenvalue weighted by Gasteiger charge is 2.28. The van der Waals surface area contributed by atoms with Gasteiger partial charge in [0.15, 0.2) is 0 Å². The van der Waals surface area contributed by atoms with Crippen molar-refractivity contribution in [2.75, 3.05) is 13.1 Å². The van der Waals surface area contributed by atoms with Gasteiger partial charge in [0.1, 0.15) is 0 Å². The minimum Gasteiger partial charge on any atom is -0.344 e. The van der Waals surface area contributed by atoms with Gasteiger partial charge in [0.2, 0.25) is 10.0 Å². The first-order chi connectivity index (χ1) is 12.4. The second-order valence-electron chi connectivity index (χ2n) is 6.20. The van der Waals surface area contributed by atoms with Crippen molar-refractivity contribution in [2.45, 2.75) is 30.7 Å². The maximum Gasteiger partial charge on any atom is 0.253 e. The van der Waals surface area contributed by atoms with Crippen molar-refractivity contribution in [3.05, 3.63) is 58.9 Å². The molecule has 2 heterocycles. The van der Waals surface area contributed by atoms with E-state index < -0.39 is 15.9 Å². The second-order valence-corrected chi connectivity index (χ2v) is 8.55. The van der Waals surface area contributed by atoms with Gasteiger partial charge >= 0.3 is 0 Å². The Morgan fingerprint density at radius 2 is 1.96 bits per heavy atom. The molecule has 0 unspecified atom stereocenters. The molecule has 138 valence electrons. The Morgan fingerprint density at radius 3 is 2.62 bits per heavy atom. The van der Waals surface area contributed by atoms with Crippen molar-refractivity contribution in [1.29, 1.82) is 0 Å². The quantitative estimate of drug-likeness (QED) is 0.846. The molecule has 1 fully saturated rings. The predicted molar refractivity (Wildman–Crippen MR) is 99.6 cm³/mol. The molecular weight excluding hydrogens is 374 g/mol. The number of nitrogens with one attached hydrogen (secondary N) is 1. The molecule has 1 aliphatic rings. The number of aromatic nitrogens is 1. The van der Waals surface area contributed by atoms with Crippen LogP contribution >= 0.6 is 11.6 Å². The number of hydrogen-bond donors (Lipinski definition) is 1. The molecule has 26 heavy (non-hydrogen) atoms. The third-order valence-corrected chi connectivity index (χ3v) is 6.59. The molecule has 1 N–H and O–H groups in total. The summed E-state index contributed by atoms with van der Waals surface area (Å²) in [5.41, 5.74) is 0.840. The molecular formula is C18H20ClN3O3S. The number of amides is 1. The van der Waals surface area contributed by atoms with Gasteiger partial charge in [-0.15, -0.1) is 0 Å². The van der Waals surface area contributed by atoms with Crippen molar-refractivity contribution in [3.63, 3.8) is 0 Å².